The summed E-state index contributed by atoms with van der Waals surface area (Å²) in [5.41, 5.74) is 1.56. The number of rotatable bonds is 6. The largest absolute Gasteiger partial charge is 0.379 e. The predicted octanol–water partition coefficient (Wildman–Crippen LogP) is 1.78. The standard InChI is InChI=1S/C18H23N5O2/c1-14-4-2-3-5-15(14)18(24)20-17-7-6-16(21-22-17)19-8-9-23-10-12-25-13-11-23/h2-7H,8-13H2,1H3,(H,19,21)(H,20,22,24). The Balaban J connectivity index is 1.48. The van der Waals surface area contributed by atoms with Gasteiger partial charge in [-0.3, -0.25) is 9.69 Å². The third-order valence-electron chi connectivity index (χ3n) is 4.13. The van der Waals surface area contributed by atoms with Crippen LogP contribution in [0.2, 0.25) is 0 Å². The molecule has 0 bridgehead atoms. The molecule has 2 aromatic rings. The highest BCUT2D eigenvalue weighted by atomic mass is 16.5. The Bertz CT molecular complexity index is 699. The van der Waals surface area contributed by atoms with Gasteiger partial charge < -0.3 is 15.4 Å². The highest BCUT2D eigenvalue weighted by Gasteiger charge is 2.11. The first kappa shape index (κ1) is 17.3. The van der Waals surface area contributed by atoms with Gasteiger partial charge in [0.2, 0.25) is 0 Å². The van der Waals surface area contributed by atoms with Crippen molar-refractivity contribution < 1.29 is 9.53 Å². The second-order valence-corrected chi connectivity index (χ2v) is 5.95. The maximum atomic E-state index is 12.3. The number of nitrogens with one attached hydrogen (secondary N) is 2. The minimum absolute atomic E-state index is 0.180. The van der Waals surface area contributed by atoms with Crippen molar-refractivity contribution in [3.05, 3.63) is 47.5 Å². The van der Waals surface area contributed by atoms with E-state index >= 15 is 0 Å². The van der Waals surface area contributed by atoms with E-state index in [2.05, 4.69) is 25.7 Å². The summed E-state index contributed by atoms with van der Waals surface area (Å²) in [5, 5.41) is 14.2. The fourth-order valence-electron chi connectivity index (χ4n) is 2.67. The first-order valence-corrected chi connectivity index (χ1v) is 8.47. The minimum Gasteiger partial charge on any atom is -0.379 e. The van der Waals surface area contributed by atoms with Crippen LogP contribution in [0.1, 0.15) is 15.9 Å². The van der Waals surface area contributed by atoms with E-state index in [1.165, 1.54) is 0 Å². The monoisotopic (exact) mass is 341 g/mol. The number of carbonyl (C=O) groups excluding carboxylic acids is 1. The minimum atomic E-state index is -0.180. The molecular formula is C18H23N5O2. The number of amides is 1. The lowest BCUT2D eigenvalue weighted by molar-refractivity contribution is 0.0398. The predicted molar refractivity (Wildman–Crippen MR) is 96.9 cm³/mol. The van der Waals surface area contributed by atoms with Gasteiger partial charge in [0.1, 0.15) is 5.82 Å². The molecule has 3 rings (SSSR count). The Morgan fingerprint density at radius 1 is 1.12 bits per heavy atom. The van der Waals surface area contributed by atoms with E-state index in [0.717, 1.165) is 45.0 Å². The molecule has 25 heavy (non-hydrogen) atoms. The molecule has 0 spiro atoms. The van der Waals surface area contributed by atoms with Crippen LogP contribution in [0, 0.1) is 6.92 Å². The SMILES string of the molecule is Cc1ccccc1C(=O)Nc1ccc(NCCN2CCOCC2)nn1. The lowest BCUT2D eigenvalue weighted by Gasteiger charge is -2.26. The molecule has 0 unspecified atom stereocenters. The number of benzene rings is 1. The number of morpholine rings is 1. The van der Waals surface area contributed by atoms with Gasteiger partial charge in [-0.1, -0.05) is 18.2 Å². The number of ether oxygens (including phenoxy) is 1. The Morgan fingerprint density at radius 2 is 1.84 bits per heavy atom. The van der Waals surface area contributed by atoms with Crippen molar-refractivity contribution in [1.29, 1.82) is 0 Å². The fourth-order valence-corrected chi connectivity index (χ4v) is 2.67. The lowest BCUT2D eigenvalue weighted by atomic mass is 10.1. The van der Waals surface area contributed by atoms with Gasteiger partial charge in [-0.25, -0.2) is 0 Å². The summed E-state index contributed by atoms with van der Waals surface area (Å²) >= 11 is 0. The molecule has 2 heterocycles. The van der Waals surface area contributed by atoms with E-state index in [9.17, 15) is 4.79 Å². The van der Waals surface area contributed by atoms with Crippen molar-refractivity contribution in [3.63, 3.8) is 0 Å². The van der Waals surface area contributed by atoms with Crippen molar-refractivity contribution >= 4 is 17.5 Å². The van der Waals surface area contributed by atoms with E-state index in [1.54, 1.807) is 12.1 Å². The average molecular weight is 341 g/mol. The molecule has 2 N–H and O–H groups in total. The fraction of sp³-hybridized carbons (Fsp3) is 0.389. The molecule has 7 heteroatoms. The molecule has 1 aliphatic heterocycles. The number of hydrogen-bond acceptors (Lipinski definition) is 6. The Morgan fingerprint density at radius 3 is 2.56 bits per heavy atom. The van der Waals surface area contributed by atoms with Crippen LogP contribution in [0.25, 0.3) is 0 Å². The molecule has 1 saturated heterocycles. The Kier molecular flexibility index (Phi) is 5.92. The molecule has 1 aromatic heterocycles. The normalized spacial score (nSPS) is 14.9. The van der Waals surface area contributed by atoms with Crippen LogP contribution >= 0.6 is 0 Å². The molecule has 1 amide bonds. The Hall–Kier alpha value is -2.51. The van der Waals surface area contributed by atoms with Crippen LogP contribution < -0.4 is 10.6 Å². The number of aryl methyl sites for hydroxylation is 1. The zero-order valence-electron chi connectivity index (χ0n) is 14.4. The van der Waals surface area contributed by atoms with Gasteiger partial charge in [-0.2, -0.15) is 0 Å². The van der Waals surface area contributed by atoms with E-state index < -0.39 is 0 Å². The van der Waals surface area contributed by atoms with Crippen LogP contribution in [0.3, 0.4) is 0 Å². The van der Waals surface area contributed by atoms with Gasteiger partial charge in [0.15, 0.2) is 5.82 Å². The molecule has 0 saturated carbocycles. The third kappa shape index (κ3) is 4.98. The van der Waals surface area contributed by atoms with Gasteiger partial charge in [-0.05, 0) is 30.7 Å². The number of anilines is 2. The number of carbonyl (C=O) groups is 1. The number of aromatic nitrogens is 2. The van der Waals surface area contributed by atoms with Crippen molar-refractivity contribution in [2.24, 2.45) is 0 Å². The molecule has 7 nitrogen and oxygen atoms in total. The maximum Gasteiger partial charge on any atom is 0.257 e. The summed E-state index contributed by atoms with van der Waals surface area (Å²) in [6.07, 6.45) is 0. The molecular weight excluding hydrogens is 318 g/mol. The zero-order chi connectivity index (χ0) is 17.5. The summed E-state index contributed by atoms with van der Waals surface area (Å²) in [5.74, 6) is 0.953. The van der Waals surface area contributed by atoms with Crippen LogP contribution in [0.15, 0.2) is 36.4 Å². The van der Waals surface area contributed by atoms with Crippen molar-refractivity contribution in [1.82, 2.24) is 15.1 Å². The van der Waals surface area contributed by atoms with E-state index in [1.807, 2.05) is 31.2 Å². The van der Waals surface area contributed by atoms with E-state index in [-0.39, 0.29) is 5.91 Å². The Labute approximate surface area is 147 Å². The summed E-state index contributed by atoms with van der Waals surface area (Å²) in [4.78, 5) is 14.6. The van der Waals surface area contributed by atoms with Crippen LogP contribution in [-0.2, 0) is 4.74 Å². The quantitative estimate of drug-likeness (QED) is 0.834. The molecule has 1 aliphatic rings. The summed E-state index contributed by atoms with van der Waals surface area (Å²) < 4.78 is 5.33. The summed E-state index contributed by atoms with van der Waals surface area (Å²) in [7, 11) is 0. The van der Waals surface area contributed by atoms with Crippen molar-refractivity contribution in [2.45, 2.75) is 6.92 Å². The first-order valence-electron chi connectivity index (χ1n) is 8.47. The highest BCUT2D eigenvalue weighted by molar-refractivity contribution is 6.04. The molecule has 0 aliphatic carbocycles. The highest BCUT2D eigenvalue weighted by Crippen LogP contribution is 2.11. The van der Waals surface area contributed by atoms with Crippen LogP contribution in [0.5, 0.6) is 0 Å². The van der Waals surface area contributed by atoms with Crippen molar-refractivity contribution in [2.75, 3.05) is 50.0 Å². The second-order valence-electron chi connectivity index (χ2n) is 5.95. The van der Waals surface area contributed by atoms with Gasteiger partial charge >= 0.3 is 0 Å². The van der Waals surface area contributed by atoms with Gasteiger partial charge in [0, 0.05) is 31.7 Å². The number of hydrogen-bond donors (Lipinski definition) is 2. The average Bonchev–Trinajstić information content (AvgIpc) is 2.64. The lowest BCUT2D eigenvalue weighted by Crippen LogP contribution is -2.39. The first-order chi connectivity index (χ1) is 12.2. The third-order valence-corrected chi connectivity index (χ3v) is 4.13. The van der Waals surface area contributed by atoms with Crippen LogP contribution in [0.4, 0.5) is 11.6 Å². The maximum absolute atomic E-state index is 12.3. The van der Waals surface area contributed by atoms with E-state index in [4.69, 9.17) is 4.74 Å². The van der Waals surface area contributed by atoms with Crippen LogP contribution in [-0.4, -0.2) is 60.4 Å². The molecule has 1 aromatic carbocycles. The molecule has 0 radical (unpaired) electrons. The summed E-state index contributed by atoms with van der Waals surface area (Å²) in [6, 6.07) is 11.0. The van der Waals surface area contributed by atoms with Gasteiger partial charge in [0.05, 0.1) is 13.2 Å². The second kappa shape index (κ2) is 8.55. The molecule has 0 atom stereocenters. The number of nitrogens with zero attached hydrogens (tertiary/aromatic N) is 3. The van der Waals surface area contributed by atoms with E-state index in [0.29, 0.717) is 17.2 Å². The van der Waals surface area contributed by atoms with Crippen molar-refractivity contribution in [3.8, 4) is 0 Å². The smallest absolute Gasteiger partial charge is 0.257 e. The summed E-state index contributed by atoms with van der Waals surface area (Å²) in [6.45, 7) is 7.18. The zero-order valence-corrected chi connectivity index (χ0v) is 14.4. The van der Waals surface area contributed by atoms with Gasteiger partial charge in [-0.15, -0.1) is 10.2 Å². The molecule has 1 fully saturated rings. The topological polar surface area (TPSA) is 79.4 Å². The molecule has 132 valence electrons. The van der Waals surface area contributed by atoms with Gasteiger partial charge in [0.25, 0.3) is 5.91 Å².